The van der Waals surface area contributed by atoms with Crippen molar-refractivity contribution in [3.63, 3.8) is 0 Å². The molecule has 0 spiro atoms. The predicted octanol–water partition coefficient (Wildman–Crippen LogP) is 4.47. The standard InChI is InChI=1S/C26H29NO6/c1-31-18-11-9-16(10-12-18)23-22(24(28)20-15-19(32-2)13-14-21(20)33-3)25(29)26(30)27(23)17-7-5-4-6-8-17/h9-15,17,23,28H,4-8H2,1-3H3/b24-22+. The molecule has 1 aliphatic heterocycles. The number of amides is 1. The van der Waals surface area contributed by atoms with Crippen molar-refractivity contribution in [1.29, 1.82) is 0 Å². The van der Waals surface area contributed by atoms with Crippen LogP contribution in [0.3, 0.4) is 0 Å². The Bertz CT molecular complexity index is 1070. The van der Waals surface area contributed by atoms with Crippen molar-refractivity contribution in [3.05, 3.63) is 59.2 Å². The highest BCUT2D eigenvalue weighted by Gasteiger charge is 2.49. The van der Waals surface area contributed by atoms with Gasteiger partial charge in [0.1, 0.15) is 23.0 Å². The SMILES string of the molecule is COc1ccc(C2/C(=C(\O)c3cc(OC)ccc3OC)C(=O)C(=O)N2C2CCCCC2)cc1. The number of nitrogens with zero attached hydrogens (tertiary/aromatic N) is 1. The predicted molar refractivity (Wildman–Crippen MR) is 124 cm³/mol. The quantitative estimate of drug-likeness (QED) is 0.396. The summed E-state index contributed by atoms with van der Waals surface area (Å²) >= 11 is 0. The van der Waals surface area contributed by atoms with Gasteiger partial charge in [0.15, 0.2) is 0 Å². The van der Waals surface area contributed by atoms with Crippen LogP contribution in [0.15, 0.2) is 48.0 Å². The highest BCUT2D eigenvalue weighted by atomic mass is 16.5. The van der Waals surface area contributed by atoms with Gasteiger partial charge in [0.2, 0.25) is 0 Å². The molecule has 7 heteroatoms. The molecule has 0 bridgehead atoms. The van der Waals surface area contributed by atoms with Crippen molar-refractivity contribution in [2.75, 3.05) is 21.3 Å². The number of aliphatic hydroxyl groups excluding tert-OH is 1. The van der Waals surface area contributed by atoms with Crippen LogP contribution in [0.5, 0.6) is 17.2 Å². The van der Waals surface area contributed by atoms with Crippen molar-refractivity contribution in [2.45, 2.75) is 44.2 Å². The number of ether oxygens (including phenoxy) is 3. The van der Waals surface area contributed by atoms with Crippen LogP contribution in [-0.2, 0) is 9.59 Å². The van der Waals surface area contributed by atoms with Gasteiger partial charge in [0, 0.05) is 6.04 Å². The van der Waals surface area contributed by atoms with Gasteiger partial charge < -0.3 is 24.2 Å². The Hall–Kier alpha value is -3.48. The molecular weight excluding hydrogens is 422 g/mol. The van der Waals surface area contributed by atoms with E-state index in [1.54, 1.807) is 42.3 Å². The average Bonchev–Trinajstić information content (AvgIpc) is 3.14. The molecule has 2 fully saturated rings. The second-order valence-electron chi connectivity index (χ2n) is 8.34. The fourth-order valence-electron chi connectivity index (χ4n) is 4.84. The van der Waals surface area contributed by atoms with Crippen LogP contribution in [-0.4, -0.2) is 49.1 Å². The van der Waals surface area contributed by atoms with Crippen molar-refractivity contribution < 1.29 is 28.9 Å². The molecule has 1 saturated heterocycles. The number of benzene rings is 2. The molecule has 2 aliphatic rings. The highest BCUT2D eigenvalue weighted by Crippen LogP contribution is 2.44. The zero-order valence-electron chi connectivity index (χ0n) is 19.2. The number of methoxy groups -OCH3 is 3. The van der Waals surface area contributed by atoms with E-state index in [0.717, 1.165) is 37.7 Å². The Kier molecular flexibility index (Phi) is 6.58. The molecule has 174 valence electrons. The number of ketones is 1. The molecular formula is C26H29NO6. The largest absolute Gasteiger partial charge is 0.507 e. The Morgan fingerprint density at radius 1 is 0.879 bits per heavy atom. The highest BCUT2D eigenvalue weighted by molar-refractivity contribution is 6.46. The van der Waals surface area contributed by atoms with Crippen molar-refractivity contribution >= 4 is 17.4 Å². The van der Waals surface area contributed by atoms with Gasteiger partial charge in [-0.15, -0.1) is 0 Å². The lowest BCUT2D eigenvalue weighted by atomic mass is 9.91. The molecule has 4 rings (SSSR count). The maximum atomic E-state index is 13.3. The number of rotatable bonds is 6. The first-order valence-electron chi connectivity index (χ1n) is 11.2. The van der Waals surface area contributed by atoms with E-state index < -0.39 is 17.7 Å². The summed E-state index contributed by atoms with van der Waals surface area (Å²) in [7, 11) is 4.59. The Balaban J connectivity index is 1.90. The molecule has 2 aromatic rings. The number of hydrogen-bond donors (Lipinski definition) is 1. The molecule has 1 heterocycles. The smallest absolute Gasteiger partial charge is 0.295 e. The van der Waals surface area contributed by atoms with Gasteiger partial charge in [-0.3, -0.25) is 9.59 Å². The van der Waals surface area contributed by atoms with Gasteiger partial charge in [0.25, 0.3) is 11.7 Å². The minimum atomic E-state index is -0.699. The van der Waals surface area contributed by atoms with Gasteiger partial charge in [-0.25, -0.2) is 0 Å². The minimum Gasteiger partial charge on any atom is -0.507 e. The molecule has 2 aromatic carbocycles. The van der Waals surface area contributed by atoms with Crippen LogP contribution in [0, 0.1) is 0 Å². The van der Waals surface area contributed by atoms with Gasteiger partial charge in [-0.2, -0.15) is 0 Å². The lowest BCUT2D eigenvalue weighted by Gasteiger charge is -2.35. The van der Waals surface area contributed by atoms with Gasteiger partial charge >= 0.3 is 0 Å². The van der Waals surface area contributed by atoms with Crippen molar-refractivity contribution in [1.82, 2.24) is 4.90 Å². The third-order valence-corrected chi connectivity index (χ3v) is 6.54. The summed E-state index contributed by atoms with van der Waals surface area (Å²) in [6.45, 7) is 0. The summed E-state index contributed by atoms with van der Waals surface area (Å²) in [5.74, 6) is 0.00598. The fraction of sp³-hybridized carbons (Fsp3) is 0.385. The summed E-state index contributed by atoms with van der Waals surface area (Å²) in [6, 6.07) is 11.5. The summed E-state index contributed by atoms with van der Waals surface area (Å²) in [5, 5.41) is 11.4. The van der Waals surface area contributed by atoms with Gasteiger partial charge in [-0.1, -0.05) is 31.4 Å². The maximum absolute atomic E-state index is 13.3. The number of aliphatic hydroxyl groups is 1. The molecule has 0 radical (unpaired) electrons. The summed E-state index contributed by atoms with van der Waals surface area (Å²) in [5.41, 5.74) is 1.10. The molecule has 1 saturated carbocycles. The Morgan fingerprint density at radius 3 is 2.12 bits per heavy atom. The van der Waals surface area contributed by atoms with Crippen LogP contribution < -0.4 is 14.2 Å². The van der Waals surface area contributed by atoms with E-state index in [2.05, 4.69) is 0 Å². The van der Waals surface area contributed by atoms with Crippen LogP contribution in [0.2, 0.25) is 0 Å². The second kappa shape index (κ2) is 9.57. The fourth-order valence-corrected chi connectivity index (χ4v) is 4.84. The molecule has 1 aliphatic carbocycles. The van der Waals surface area contributed by atoms with Crippen molar-refractivity contribution in [3.8, 4) is 17.2 Å². The van der Waals surface area contributed by atoms with E-state index in [1.807, 2.05) is 12.1 Å². The molecule has 1 atom stereocenters. The molecule has 1 amide bonds. The first-order chi connectivity index (χ1) is 16.0. The number of carbonyl (C=O) groups is 2. The van der Waals surface area contributed by atoms with Crippen molar-refractivity contribution in [2.24, 2.45) is 0 Å². The van der Waals surface area contributed by atoms with Crippen LogP contribution >= 0.6 is 0 Å². The summed E-state index contributed by atoms with van der Waals surface area (Å²) < 4.78 is 16.0. The van der Waals surface area contributed by atoms with E-state index in [-0.39, 0.29) is 17.4 Å². The molecule has 0 aromatic heterocycles. The van der Waals surface area contributed by atoms with E-state index >= 15 is 0 Å². The van der Waals surface area contributed by atoms with Gasteiger partial charge in [-0.05, 0) is 48.7 Å². The van der Waals surface area contributed by atoms with E-state index in [4.69, 9.17) is 14.2 Å². The Morgan fingerprint density at radius 2 is 1.52 bits per heavy atom. The molecule has 33 heavy (non-hydrogen) atoms. The molecule has 1 unspecified atom stereocenters. The maximum Gasteiger partial charge on any atom is 0.295 e. The molecule has 1 N–H and O–H groups in total. The zero-order chi connectivity index (χ0) is 23.5. The van der Waals surface area contributed by atoms with Crippen LogP contribution in [0.1, 0.15) is 49.3 Å². The molecule has 7 nitrogen and oxygen atoms in total. The van der Waals surface area contributed by atoms with E-state index in [0.29, 0.717) is 22.8 Å². The topological polar surface area (TPSA) is 85.3 Å². The minimum absolute atomic E-state index is 0.0557. The van der Waals surface area contributed by atoms with Crippen LogP contribution in [0.25, 0.3) is 5.76 Å². The summed E-state index contributed by atoms with van der Waals surface area (Å²) in [4.78, 5) is 28.3. The van der Waals surface area contributed by atoms with Gasteiger partial charge in [0.05, 0.1) is 38.5 Å². The number of carbonyl (C=O) groups excluding carboxylic acids is 2. The summed E-state index contributed by atoms with van der Waals surface area (Å²) in [6.07, 6.45) is 4.80. The average molecular weight is 452 g/mol. The number of Topliss-reactive ketones (excluding diaryl/α,β-unsaturated/α-hetero) is 1. The lowest BCUT2D eigenvalue weighted by molar-refractivity contribution is -0.141. The number of hydrogen-bond acceptors (Lipinski definition) is 6. The zero-order valence-corrected chi connectivity index (χ0v) is 19.2. The monoisotopic (exact) mass is 451 g/mol. The lowest BCUT2D eigenvalue weighted by Crippen LogP contribution is -2.40. The number of likely N-dealkylation sites (tertiary alicyclic amines) is 1. The second-order valence-corrected chi connectivity index (χ2v) is 8.34. The third kappa shape index (κ3) is 4.15. The third-order valence-electron chi connectivity index (χ3n) is 6.54. The first-order valence-corrected chi connectivity index (χ1v) is 11.2. The first kappa shape index (κ1) is 22.7. The van der Waals surface area contributed by atoms with Crippen LogP contribution in [0.4, 0.5) is 0 Å². The normalized spacial score (nSPS) is 20.7. The van der Waals surface area contributed by atoms with E-state index in [1.165, 1.54) is 14.2 Å². The van der Waals surface area contributed by atoms with E-state index in [9.17, 15) is 14.7 Å². The Labute approximate surface area is 193 Å².